The fourth-order valence-corrected chi connectivity index (χ4v) is 2.30. The molecule has 1 atom stereocenters. The lowest BCUT2D eigenvalue weighted by molar-refractivity contribution is 0.212. The Labute approximate surface area is 125 Å². The minimum absolute atomic E-state index is 0.182. The number of aliphatic hydroxyl groups excluding tert-OH is 1. The molecule has 0 radical (unpaired) electrons. The zero-order valence-electron chi connectivity index (χ0n) is 11.4. The first-order valence-electron chi connectivity index (χ1n) is 6.03. The largest absolute Gasteiger partial charge is 0.493 e. The van der Waals surface area contributed by atoms with Crippen molar-refractivity contribution in [3.05, 3.63) is 58.1 Å². The standard InChI is InChI=1S/C15H13ClF2O3/c1-20-12-7-8(6-10(16)15(12)21-2)14(19)9-4-3-5-11(17)13(9)18/h3-7,14,19H,1-2H3. The van der Waals surface area contributed by atoms with E-state index in [0.29, 0.717) is 5.75 Å². The van der Waals surface area contributed by atoms with Crippen LogP contribution in [0.2, 0.25) is 5.02 Å². The molecule has 0 fully saturated rings. The zero-order chi connectivity index (χ0) is 15.6. The Bertz CT molecular complexity index is 662. The van der Waals surface area contributed by atoms with E-state index in [0.717, 1.165) is 6.07 Å². The van der Waals surface area contributed by atoms with Gasteiger partial charge in [-0.1, -0.05) is 23.7 Å². The van der Waals surface area contributed by atoms with Crippen molar-refractivity contribution >= 4 is 11.6 Å². The molecule has 0 spiro atoms. The van der Waals surface area contributed by atoms with Gasteiger partial charge in [0.1, 0.15) is 6.10 Å². The van der Waals surface area contributed by atoms with Gasteiger partial charge < -0.3 is 14.6 Å². The van der Waals surface area contributed by atoms with E-state index in [9.17, 15) is 13.9 Å². The number of methoxy groups -OCH3 is 2. The van der Waals surface area contributed by atoms with Gasteiger partial charge in [-0.3, -0.25) is 0 Å². The van der Waals surface area contributed by atoms with E-state index in [2.05, 4.69) is 0 Å². The first kappa shape index (κ1) is 15.5. The number of hydrogen-bond donors (Lipinski definition) is 1. The van der Waals surface area contributed by atoms with Crippen LogP contribution in [0.5, 0.6) is 11.5 Å². The van der Waals surface area contributed by atoms with Crippen LogP contribution in [0, 0.1) is 11.6 Å². The number of hydrogen-bond acceptors (Lipinski definition) is 3. The van der Waals surface area contributed by atoms with Crippen LogP contribution < -0.4 is 9.47 Å². The van der Waals surface area contributed by atoms with Crippen molar-refractivity contribution in [2.75, 3.05) is 14.2 Å². The van der Waals surface area contributed by atoms with Crippen LogP contribution in [0.25, 0.3) is 0 Å². The van der Waals surface area contributed by atoms with Crippen molar-refractivity contribution < 1.29 is 23.4 Å². The van der Waals surface area contributed by atoms with Crippen molar-refractivity contribution in [2.24, 2.45) is 0 Å². The molecule has 1 N–H and O–H groups in total. The van der Waals surface area contributed by atoms with Gasteiger partial charge in [0.25, 0.3) is 0 Å². The number of rotatable bonds is 4. The molecule has 112 valence electrons. The molecule has 2 aromatic rings. The van der Waals surface area contributed by atoms with Crippen LogP contribution in [-0.2, 0) is 0 Å². The lowest BCUT2D eigenvalue weighted by Crippen LogP contribution is -2.05. The normalized spacial score (nSPS) is 12.1. The summed E-state index contributed by atoms with van der Waals surface area (Å²) < 4.78 is 37.2. The molecule has 0 bridgehead atoms. The summed E-state index contributed by atoms with van der Waals surface area (Å²) in [7, 11) is 2.83. The van der Waals surface area contributed by atoms with Crippen LogP contribution in [0.4, 0.5) is 8.78 Å². The average Bonchev–Trinajstić information content (AvgIpc) is 2.48. The van der Waals surface area contributed by atoms with Crippen molar-refractivity contribution in [1.29, 1.82) is 0 Å². The van der Waals surface area contributed by atoms with E-state index < -0.39 is 17.7 Å². The SMILES string of the molecule is COc1cc(C(O)c2cccc(F)c2F)cc(Cl)c1OC. The van der Waals surface area contributed by atoms with Crippen LogP contribution in [0.15, 0.2) is 30.3 Å². The molecular weight excluding hydrogens is 302 g/mol. The number of halogens is 3. The van der Waals surface area contributed by atoms with Gasteiger partial charge in [0, 0.05) is 5.56 Å². The highest BCUT2D eigenvalue weighted by molar-refractivity contribution is 6.32. The molecule has 0 heterocycles. The predicted molar refractivity (Wildman–Crippen MR) is 75.0 cm³/mol. The van der Waals surface area contributed by atoms with Gasteiger partial charge in [-0.05, 0) is 23.8 Å². The van der Waals surface area contributed by atoms with Crippen LogP contribution in [-0.4, -0.2) is 19.3 Å². The first-order valence-corrected chi connectivity index (χ1v) is 6.40. The third-order valence-electron chi connectivity index (χ3n) is 3.05. The minimum Gasteiger partial charge on any atom is -0.493 e. The lowest BCUT2D eigenvalue weighted by atomic mass is 10.0. The minimum atomic E-state index is -1.38. The number of benzene rings is 2. The molecule has 0 aliphatic rings. The molecule has 6 heteroatoms. The summed E-state index contributed by atoms with van der Waals surface area (Å²) in [4.78, 5) is 0. The first-order chi connectivity index (χ1) is 9.99. The number of aliphatic hydroxyl groups is 1. The maximum atomic E-state index is 13.7. The van der Waals surface area contributed by atoms with Crippen LogP contribution in [0.1, 0.15) is 17.2 Å². The average molecular weight is 315 g/mol. The van der Waals surface area contributed by atoms with E-state index in [1.54, 1.807) is 0 Å². The Kier molecular flexibility index (Phi) is 4.65. The fraction of sp³-hybridized carbons (Fsp3) is 0.200. The summed E-state index contributed by atoms with van der Waals surface area (Å²) in [5, 5.41) is 10.4. The summed E-state index contributed by atoms with van der Waals surface area (Å²) in [6, 6.07) is 6.47. The third-order valence-corrected chi connectivity index (χ3v) is 3.33. The van der Waals surface area contributed by atoms with Crippen molar-refractivity contribution in [2.45, 2.75) is 6.10 Å². The molecule has 0 amide bonds. The fourth-order valence-electron chi connectivity index (χ4n) is 2.01. The molecule has 0 aromatic heterocycles. The van der Waals surface area contributed by atoms with Gasteiger partial charge in [0.05, 0.1) is 19.2 Å². The Hall–Kier alpha value is -1.85. The van der Waals surface area contributed by atoms with E-state index >= 15 is 0 Å². The zero-order valence-corrected chi connectivity index (χ0v) is 12.1. The monoisotopic (exact) mass is 314 g/mol. The maximum absolute atomic E-state index is 13.7. The van der Waals surface area contributed by atoms with E-state index in [4.69, 9.17) is 21.1 Å². The summed E-state index contributed by atoms with van der Waals surface area (Å²) >= 11 is 6.03. The van der Waals surface area contributed by atoms with Gasteiger partial charge in [0.15, 0.2) is 23.1 Å². The van der Waals surface area contributed by atoms with Crippen LogP contribution in [0.3, 0.4) is 0 Å². The second-order valence-corrected chi connectivity index (χ2v) is 4.69. The highest BCUT2D eigenvalue weighted by Gasteiger charge is 2.21. The van der Waals surface area contributed by atoms with Gasteiger partial charge in [0.2, 0.25) is 0 Å². The molecule has 0 saturated heterocycles. The second kappa shape index (κ2) is 6.28. The quantitative estimate of drug-likeness (QED) is 0.935. The summed E-state index contributed by atoms with van der Waals surface area (Å²) in [5.41, 5.74) is 0.0837. The number of ether oxygens (including phenoxy) is 2. The molecule has 2 rings (SSSR count). The van der Waals surface area contributed by atoms with Crippen molar-refractivity contribution in [3.63, 3.8) is 0 Å². The van der Waals surface area contributed by atoms with Gasteiger partial charge in [-0.2, -0.15) is 0 Å². The van der Waals surface area contributed by atoms with E-state index in [1.807, 2.05) is 0 Å². The Morgan fingerprint density at radius 3 is 2.48 bits per heavy atom. The molecule has 0 aliphatic heterocycles. The second-order valence-electron chi connectivity index (χ2n) is 4.28. The summed E-state index contributed by atoms with van der Waals surface area (Å²) in [6.07, 6.45) is -1.38. The van der Waals surface area contributed by atoms with Gasteiger partial charge in [-0.15, -0.1) is 0 Å². The third kappa shape index (κ3) is 2.94. The summed E-state index contributed by atoms with van der Waals surface area (Å²) in [5.74, 6) is -1.54. The molecule has 0 saturated carbocycles. The molecular formula is C15H13ClF2O3. The lowest BCUT2D eigenvalue weighted by Gasteiger charge is -2.16. The Morgan fingerprint density at radius 1 is 1.14 bits per heavy atom. The predicted octanol–water partition coefficient (Wildman–Crippen LogP) is 3.72. The van der Waals surface area contributed by atoms with Gasteiger partial charge in [-0.25, -0.2) is 8.78 Å². The highest BCUT2D eigenvalue weighted by Crippen LogP contribution is 2.39. The smallest absolute Gasteiger partial charge is 0.179 e. The van der Waals surface area contributed by atoms with Crippen LogP contribution >= 0.6 is 11.6 Å². The van der Waals surface area contributed by atoms with E-state index in [1.165, 1.54) is 38.5 Å². The molecule has 2 aromatic carbocycles. The molecule has 3 nitrogen and oxygen atoms in total. The van der Waals surface area contributed by atoms with E-state index in [-0.39, 0.29) is 21.9 Å². The maximum Gasteiger partial charge on any atom is 0.179 e. The highest BCUT2D eigenvalue weighted by atomic mass is 35.5. The Balaban J connectivity index is 2.51. The van der Waals surface area contributed by atoms with Crippen molar-refractivity contribution in [1.82, 2.24) is 0 Å². The van der Waals surface area contributed by atoms with Crippen molar-refractivity contribution in [3.8, 4) is 11.5 Å². The molecule has 1 unspecified atom stereocenters. The molecule has 21 heavy (non-hydrogen) atoms. The summed E-state index contributed by atoms with van der Waals surface area (Å²) in [6.45, 7) is 0. The Morgan fingerprint density at radius 2 is 1.86 bits per heavy atom. The molecule has 0 aliphatic carbocycles. The van der Waals surface area contributed by atoms with Gasteiger partial charge >= 0.3 is 0 Å². The topological polar surface area (TPSA) is 38.7 Å².